The van der Waals surface area contributed by atoms with Gasteiger partial charge in [-0.2, -0.15) is 26.3 Å². The van der Waals surface area contributed by atoms with Crippen LogP contribution in [-0.4, -0.2) is 17.6 Å². The van der Waals surface area contributed by atoms with Gasteiger partial charge in [-0.1, -0.05) is 15.9 Å². The van der Waals surface area contributed by atoms with E-state index in [0.717, 1.165) is 12.1 Å². The van der Waals surface area contributed by atoms with Crippen LogP contribution >= 0.6 is 15.9 Å². The highest BCUT2D eigenvalue weighted by Gasteiger charge is 2.46. The number of nitrogens with zero attached hydrogens (tertiary/aromatic N) is 1. The number of hydrogen-bond acceptors (Lipinski definition) is 3. The Kier molecular flexibility index (Phi) is 4.80. The van der Waals surface area contributed by atoms with Gasteiger partial charge in [-0.05, 0) is 25.1 Å². The summed E-state index contributed by atoms with van der Waals surface area (Å²) in [6, 6.07) is 3.20. The van der Waals surface area contributed by atoms with E-state index in [4.69, 9.17) is 0 Å². The first-order valence-electron chi connectivity index (χ1n) is 6.41. The number of benzene rings is 1. The van der Waals surface area contributed by atoms with Gasteiger partial charge in [0.25, 0.3) is 0 Å². The van der Waals surface area contributed by atoms with Crippen molar-refractivity contribution in [1.82, 2.24) is 4.98 Å². The van der Waals surface area contributed by atoms with E-state index >= 15 is 0 Å². The van der Waals surface area contributed by atoms with E-state index in [2.05, 4.69) is 25.7 Å². The van der Waals surface area contributed by atoms with E-state index in [0.29, 0.717) is 0 Å². The summed E-state index contributed by atoms with van der Waals surface area (Å²) in [6.45, 7) is 0.882. The molecule has 130 valence electrons. The molecule has 1 heterocycles. The van der Waals surface area contributed by atoms with E-state index in [1.54, 1.807) is 0 Å². The van der Waals surface area contributed by atoms with Crippen molar-refractivity contribution in [3.63, 3.8) is 0 Å². The highest BCUT2D eigenvalue weighted by Crippen LogP contribution is 2.43. The zero-order valence-corrected chi connectivity index (χ0v) is 13.4. The van der Waals surface area contributed by atoms with Crippen LogP contribution in [0.1, 0.15) is 28.5 Å². The predicted molar refractivity (Wildman–Crippen MR) is 75.4 cm³/mol. The summed E-state index contributed by atoms with van der Waals surface area (Å²) in [5, 5.41) is -0.632. The van der Waals surface area contributed by atoms with E-state index in [9.17, 15) is 31.1 Å². The SMILES string of the molecule is CCOC(=O)c1c(C(F)(F)F)nc2ccc(Br)cc2c1C(F)(F)F. The first-order valence-corrected chi connectivity index (χ1v) is 7.21. The standard InChI is InChI=1S/C14H8BrF6NO2/c1-2-24-12(23)9-10(13(16,17)18)7-5-6(15)3-4-8(7)22-11(9)14(19,20)21/h3-5H,2H2,1H3. The Hall–Kier alpha value is -1.84. The molecular weight excluding hydrogens is 408 g/mol. The van der Waals surface area contributed by atoms with Crippen molar-refractivity contribution in [3.8, 4) is 0 Å². The molecule has 0 fully saturated rings. The molecule has 0 atom stereocenters. The Bertz CT molecular complexity index is 800. The van der Waals surface area contributed by atoms with Gasteiger partial charge in [0.2, 0.25) is 0 Å². The van der Waals surface area contributed by atoms with Gasteiger partial charge >= 0.3 is 18.3 Å². The van der Waals surface area contributed by atoms with Crippen molar-refractivity contribution >= 4 is 32.8 Å². The predicted octanol–water partition coefficient (Wildman–Crippen LogP) is 5.21. The van der Waals surface area contributed by atoms with Crippen LogP contribution in [-0.2, 0) is 17.1 Å². The summed E-state index contributed by atoms with van der Waals surface area (Å²) >= 11 is 2.95. The van der Waals surface area contributed by atoms with Crippen LogP contribution in [0.5, 0.6) is 0 Å². The van der Waals surface area contributed by atoms with Crippen molar-refractivity contribution in [1.29, 1.82) is 0 Å². The van der Waals surface area contributed by atoms with Crippen LogP contribution in [0.3, 0.4) is 0 Å². The van der Waals surface area contributed by atoms with Crippen LogP contribution in [0, 0.1) is 0 Å². The van der Waals surface area contributed by atoms with Crippen LogP contribution < -0.4 is 0 Å². The van der Waals surface area contributed by atoms with E-state index in [1.807, 2.05) is 0 Å². The van der Waals surface area contributed by atoms with Gasteiger partial charge < -0.3 is 4.74 Å². The van der Waals surface area contributed by atoms with Crippen LogP contribution in [0.15, 0.2) is 22.7 Å². The minimum Gasteiger partial charge on any atom is -0.462 e. The normalized spacial score (nSPS) is 12.5. The number of aromatic nitrogens is 1. The number of halogens is 7. The maximum Gasteiger partial charge on any atom is 0.434 e. The first-order chi connectivity index (χ1) is 11.0. The monoisotopic (exact) mass is 415 g/mol. The Balaban J connectivity index is 3.03. The third kappa shape index (κ3) is 3.47. The van der Waals surface area contributed by atoms with Crippen molar-refractivity contribution in [3.05, 3.63) is 39.5 Å². The quantitative estimate of drug-likeness (QED) is 0.499. The molecule has 10 heteroatoms. The molecule has 0 unspecified atom stereocenters. The number of hydrogen-bond donors (Lipinski definition) is 0. The lowest BCUT2D eigenvalue weighted by Gasteiger charge is -2.19. The largest absolute Gasteiger partial charge is 0.462 e. The second kappa shape index (κ2) is 6.23. The van der Waals surface area contributed by atoms with Crippen molar-refractivity contribution < 1.29 is 35.9 Å². The molecule has 0 amide bonds. The van der Waals surface area contributed by atoms with Gasteiger partial charge in [0, 0.05) is 9.86 Å². The van der Waals surface area contributed by atoms with Crippen LogP contribution in [0.25, 0.3) is 10.9 Å². The molecule has 0 aliphatic rings. The summed E-state index contributed by atoms with van der Waals surface area (Å²) in [4.78, 5) is 15.1. The topological polar surface area (TPSA) is 39.2 Å². The summed E-state index contributed by atoms with van der Waals surface area (Å²) in [6.07, 6.45) is -10.5. The molecule has 0 radical (unpaired) electrons. The van der Waals surface area contributed by atoms with Crippen molar-refractivity contribution in [2.24, 2.45) is 0 Å². The van der Waals surface area contributed by atoms with Gasteiger partial charge in [0.05, 0.1) is 17.7 Å². The molecule has 2 aromatic rings. The van der Waals surface area contributed by atoms with Gasteiger partial charge in [-0.25, -0.2) is 9.78 Å². The first kappa shape index (κ1) is 18.5. The Morgan fingerprint density at radius 1 is 1.17 bits per heavy atom. The van der Waals surface area contributed by atoms with E-state index in [-0.39, 0.29) is 11.1 Å². The van der Waals surface area contributed by atoms with Gasteiger partial charge in [-0.15, -0.1) is 0 Å². The minimum absolute atomic E-state index is 0.192. The zero-order chi connectivity index (χ0) is 18.3. The van der Waals surface area contributed by atoms with Gasteiger partial charge in [-0.3, -0.25) is 0 Å². The second-order valence-corrected chi connectivity index (χ2v) is 5.50. The molecule has 0 bridgehead atoms. The average molecular weight is 416 g/mol. The number of rotatable bonds is 2. The molecule has 1 aromatic heterocycles. The van der Waals surface area contributed by atoms with E-state index < -0.39 is 46.0 Å². The molecule has 1 aromatic carbocycles. The number of fused-ring (bicyclic) bond motifs is 1. The Morgan fingerprint density at radius 2 is 1.79 bits per heavy atom. The maximum absolute atomic E-state index is 13.5. The molecular formula is C14H8BrF6NO2. The third-order valence-corrected chi connectivity index (χ3v) is 3.47. The third-order valence-electron chi connectivity index (χ3n) is 2.98. The summed E-state index contributed by atoms with van der Waals surface area (Å²) in [7, 11) is 0. The molecule has 0 spiro atoms. The molecule has 2 rings (SSSR count). The smallest absolute Gasteiger partial charge is 0.434 e. The highest BCUT2D eigenvalue weighted by atomic mass is 79.9. The number of alkyl halides is 6. The van der Waals surface area contributed by atoms with E-state index in [1.165, 1.54) is 13.0 Å². The van der Waals surface area contributed by atoms with Crippen LogP contribution in [0.2, 0.25) is 0 Å². The number of pyridine rings is 1. The van der Waals surface area contributed by atoms with Crippen LogP contribution in [0.4, 0.5) is 26.3 Å². The van der Waals surface area contributed by atoms with Crippen molar-refractivity contribution in [2.75, 3.05) is 6.61 Å². The molecule has 3 nitrogen and oxygen atoms in total. The molecule has 0 saturated carbocycles. The molecule has 0 aliphatic heterocycles. The fraction of sp³-hybridized carbons (Fsp3) is 0.286. The highest BCUT2D eigenvalue weighted by molar-refractivity contribution is 9.10. The zero-order valence-electron chi connectivity index (χ0n) is 11.8. The van der Waals surface area contributed by atoms with Gasteiger partial charge in [0.1, 0.15) is 5.56 Å². The van der Waals surface area contributed by atoms with Gasteiger partial charge in [0.15, 0.2) is 5.69 Å². The lowest BCUT2D eigenvalue weighted by atomic mass is 9.99. The number of esters is 1. The lowest BCUT2D eigenvalue weighted by molar-refractivity contribution is -0.145. The molecule has 24 heavy (non-hydrogen) atoms. The number of ether oxygens (including phenoxy) is 1. The number of carbonyl (C=O) groups excluding carboxylic acids is 1. The minimum atomic E-state index is -5.26. The fourth-order valence-corrected chi connectivity index (χ4v) is 2.50. The van der Waals surface area contributed by atoms with Crippen molar-refractivity contribution in [2.45, 2.75) is 19.3 Å². The molecule has 0 aliphatic carbocycles. The Morgan fingerprint density at radius 3 is 2.29 bits per heavy atom. The maximum atomic E-state index is 13.5. The average Bonchev–Trinajstić information content (AvgIpc) is 2.43. The Labute approximate surface area is 139 Å². The number of carbonyl (C=O) groups is 1. The fourth-order valence-electron chi connectivity index (χ4n) is 2.14. The summed E-state index contributed by atoms with van der Waals surface area (Å²) in [5.41, 5.74) is -5.82. The summed E-state index contributed by atoms with van der Waals surface area (Å²) in [5.74, 6) is -1.73. The molecule has 0 saturated heterocycles. The molecule has 0 N–H and O–H groups in total. The summed E-state index contributed by atoms with van der Waals surface area (Å²) < 4.78 is 84.5. The lowest BCUT2D eigenvalue weighted by Crippen LogP contribution is -2.23. The second-order valence-electron chi connectivity index (χ2n) is 4.59.